The molecule has 1 N–H and O–H groups in total. The highest BCUT2D eigenvalue weighted by atomic mass is 16.6. The number of hydrogen-bond donors (Lipinski definition) is 1. The Balaban J connectivity index is 1.34. The lowest BCUT2D eigenvalue weighted by molar-refractivity contribution is -0.114. The van der Waals surface area contributed by atoms with E-state index < -0.39 is 6.10 Å². The molecule has 1 unspecified atom stereocenters. The zero-order valence-corrected chi connectivity index (χ0v) is 17.7. The molecule has 8 nitrogen and oxygen atoms in total. The van der Waals surface area contributed by atoms with E-state index >= 15 is 0 Å². The minimum absolute atomic E-state index is 0.125. The smallest absolute Gasteiger partial charge is 0.280 e. The van der Waals surface area contributed by atoms with Gasteiger partial charge in [0.2, 0.25) is 0 Å². The van der Waals surface area contributed by atoms with Crippen LogP contribution in [0.15, 0.2) is 53.1 Å². The normalized spacial score (nSPS) is 21.3. The van der Waals surface area contributed by atoms with Gasteiger partial charge in [0.25, 0.3) is 11.8 Å². The highest BCUT2D eigenvalue weighted by molar-refractivity contribution is 6.32. The number of likely N-dealkylation sites (tertiary alicyclic amines) is 1. The second kappa shape index (κ2) is 8.12. The number of hydrogen-bond acceptors (Lipinski definition) is 6. The van der Waals surface area contributed by atoms with Crippen LogP contribution in [0.5, 0.6) is 11.5 Å². The number of fused-ring (bicyclic) bond motifs is 1. The van der Waals surface area contributed by atoms with Crippen molar-refractivity contribution in [1.29, 1.82) is 0 Å². The molecule has 0 radical (unpaired) electrons. The lowest BCUT2D eigenvalue weighted by Gasteiger charge is -2.18. The van der Waals surface area contributed by atoms with Crippen molar-refractivity contribution in [3.05, 3.63) is 59.2 Å². The van der Waals surface area contributed by atoms with Crippen molar-refractivity contribution < 1.29 is 24.2 Å². The summed E-state index contributed by atoms with van der Waals surface area (Å²) in [5.41, 5.74) is 3.02. The summed E-state index contributed by atoms with van der Waals surface area (Å²) in [6.45, 7) is 3.71. The van der Waals surface area contributed by atoms with E-state index in [9.17, 15) is 14.7 Å². The summed E-state index contributed by atoms with van der Waals surface area (Å²) in [6, 6.07) is 12.3. The Kier molecular flexibility index (Phi) is 5.14. The summed E-state index contributed by atoms with van der Waals surface area (Å²) in [5, 5.41) is 15.4. The van der Waals surface area contributed by atoms with Gasteiger partial charge in [-0.1, -0.05) is 6.07 Å². The number of carbonyl (C=O) groups excluding carboxylic acids is 2. The van der Waals surface area contributed by atoms with Gasteiger partial charge in [0.1, 0.15) is 13.2 Å². The standard InChI is InChI=1S/C24H23N3O5/c1-15-20(12-16-2-7-21-22(13-16)32-11-10-31-21)24(30)27(25-15)18-5-3-17(4-6-18)23(29)26-9-8-19(28)14-26/h2-7,12-13,19,28H,8-11,14H2,1H3/b20-12-. The van der Waals surface area contributed by atoms with Crippen LogP contribution >= 0.6 is 0 Å². The van der Waals surface area contributed by atoms with Crippen LogP contribution in [-0.4, -0.2) is 59.9 Å². The van der Waals surface area contributed by atoms with E-state index in [4.69, 9.17) is 9.47 Å². The predicted octanol–water partition coefficient (Wildman–Crippen LogP) is 2.47. The van der Waals surface area contributed by atoms with Crippen LogP contribution in [0.4, 0.5) is 5.69 Å². The monoisotopic (exact) mass is 433 g/mol. The Labute approximate surface area is 185 Å². The Bertz CT molecular complexity index is 1140. The maximum atomic E-state index is 13.1. The second-order valence-corrected chi connectivity index (χ2v) is 8.00. The summed E-state index contributed by atoms with van der Waals surface area (Å²) in [7, 11) is 0. The SMILES string of the molecule is CC1=NN(c2ccc(C(=O)N3CCC(O)C3)cc2)C(=O)/C1=C\c1ccc2c(c1)OCCO2. The molecule has 0 saturated carbocycles. The third-order valence-electron chi connectivity index (χ3n) is 5.75. The fourth-order valence-electron chi connectivity index (χ4n) is 4.03. The van der Waals surface area contributed by atoms with Crippen molar-refractivity contribution in [1.82, 2.24) is 4.90 Å². The Morgan fingerprint density at radius 1 is 1.12 bits per heavy atom. The zero-order chi connectivity index (χ0) is 22.2. The summed E-state index contributed by atoms with van der Waals surface area (Å²) < 4.78 is 11.2. The number of aliphatic hydroxyl groups excluding tert-OH is 1. The van der Waals surface area contributed by atoms with Gasteiger partial charge < -0.3 is 19.5 Å². The molecular weight excluding hydrogens is 410 g/mol. The maximum absolute atomic E-state index is 13.1. The van der Waals surface area contributed by atoms with Gasteiger partial charge in [-0.25, -0.2) is 0 Å². The molecule has 3 aliphatic rings. The van der Waals surface area contributed by atoms with E-state index in [0.717, 1.165) is 5.56 Å². The van der Waals surface area contributed by atoms with E-state index in [2.05, 4.69) is 5.10 Å². The number of ether oxygens (including phenoxy) is 2. The number of amides is 2. The van der Waals surface area contributed by atoms with Gasteiger partial charge in [-0.15, -0.1) is 0 Å². The van der Waals surface area contributed by atoms with Gasteiger partial charge in [0.15, 0.2) is 11.5 Å². The molecule has 8 heteroatoms. The van der Waals surface area contributed by atoms with Crippen LogP contribution in [0.1, 0.15) is 29.3 Å². The lowest BCUT2D eigenvalue weighted by Crippen LogP contribution is -2.29. The van der Waals surface area contributed by atoms with E-state index in [1.807, 2.05) is 18.2 Å². The van der Waals surface area contributed by atoms with Gasteiger partial charge in [0.05, 0.1) is 23.1 Å². The van der Waals surface area contributed by atoms with Crippen LogP contribution in [0, 0.1) is 0 Å². The van der Waals surface area contributed by atoms with Gasteiger partial charge in [-0.2, -0.15) is 10.1 Å². The number of anilines is 1. The van der Waals surface area contributed by atoms with E-state index in [1.54, 1.807) is 42.2 Å². The van der Waals surface area contributed by atoms with E-state index in [-0.39, 0.29) is 11.8 Å². The second-order valence-electron chi connectivity index (χ2n) is 8.00. The van der Waals surface area contributed by atoms with Gasteiger partial charge in [-0.05, 0) is 61.4 Å². The van der Waals surface area contributed by atoms with E-state index in [0.29, 0.717) is 66.8 Å². The Morgan fingerprint density at radius 2 is 1.88 bits per heavy atom. The summed E-state index contributed by atoms with van der Waals surface area (Å²) >= 11 is 0. The average molecular weight is 433 g/mol. The highest BCUT2D eigenvalue weighted by Gasteiger charge is 2.30. The first-order chi connectivity index (χ1) is 15.5. The van der Waals surface area contributed by atoms with Crippen molar-refractivity contribution in [3.8, 4) is 11.5 Å². The quantitative estimate of drug-likeness (QED) is 0.751. The van der Waals surface area contributed by atoms with Crippen molar-refractivity contribution in [2.24, 2.45) is 5.10 Å². The van der Waals surface area contributed by atoms with Crippen LogP contribution in [-0.2, 0) is 4.79 Å². The minimum atomic E-state index is -0.461. The highest BCUT2D eigenvalue weighted by Crippen LogP contribution is 2.32. The van der Waals surface area contributed by atoms with Gasteiger partial charge in [0, 0.05) is 18.7 Å². The van der Waals surface area contributed by atoms with Crippen molar-refractivity contribution in [2.75, 3.05) is 31.3 Å². The van der Waals surface area contributed by atoms with Crippen molar-refractivity contribution in [2.45, 2.75) is 19.4 Å². The molecule has 0 spiro atoms. The number of β-amino-alcohol motifs (C(OH)–C–C–N with tert-alkyl or cyclic N) is 1. The van der Waals surface area contributed by atoms with Crippen LogP contribution in [0.25, 0.3) is 6.08 Å². The fraction of sp³-hybridized carbons (Fsp3) is 0.292. The van der Waals surface area contributed by atoms with Crippen LogP contribution in [0.3, 0.4) is 0 Å². The number of rotatable bonds is 3. The van der Waals surface area contributed by atoms with E-state index in [1.165, 1.54) is 5.01 Å². The molecule has 1 fully saturated rings. The molecule has 2 amide bonds. The first-order valence-corrected chi connectivity index (χ1v) is 10.6. The molecule has 1 saturated heterocycles. The van der Waals surface area contributed by atoms with Crippen molar-refractivity contribution >= 4 is 29.3 Å². The molecule has 2 aromatic rings. The summed E-state index contributed by atoms with van der Waals surface area (Å²) in [6.07, 6.45) is 1.92. The molecule has 5 rings (SSSR count). The molecule has 0 aromatic heterocycles. The molecule has 2 aromatic carbocycles. The topological polar surface area (TPSA) is 91.7 Å². The molecule has 164 valence electrons. The summed E-state index contributed by atoms with van der Waals surface area (Å²) in [4.78, 5) is 27.3. The number of aliphatic hydroxyl groups is 1. The zero-order valence-electron chi connectivity index (χ0n) is 17.7. The fourth-order valence-corrected chi connectivity index (χ4v) is 4.03. The molecule has 3 heterocycles. The average Bonchev–Trinajstić information content (AvgIpc) is 3.37. The Morgan fingerprint density at radius 3 is 2.59 bits per heavy atom. The molecule has 0 bridgehead atoms. The van der Waals surface area contributed by atoms with Crippen LogP contribution in [0.2, 0.25) is 0 Å². The molecule has 3 aliphatic heterocycles. The number of carbonyl (C=O) groups is 2. The van der Waals surface area contributed by atoms with Gasteiger partial charge >= 0.3 is 0 Å². The van der Waals surface area contributed by atoms with Crippen LogP contribution < -0.4 is 14.5 Å². The third-order valence-corrected chi connectivity index (χ3v) is 5.75. The summed E-state index contributed by atoms with van der Waals surface area (Å²) in [5.74, 6) is 0.994. The number of benzene rings is 2. The molecule has 0 aliphatic carbocycles. The first-order valence-electron chi connectivity index (χ1n) is 10.6. The molecule has 1 atom stereocenters. The largest absolute Gasteiger partial charge is 0.486 e. The first kappa shape index (κ1) is 20.3. The minimum Gasteiger partial charge on any atom is -0.486 e. The van der Waals surface area contributed by atoms with Crippen molar-refractivity contribution in [3.63, 3.8) is 0 Å². The third kappa shape index (κ3) is 3.73. The molecule has 32 heavy (non-hydrogen) atoms. The predicted molar refractivity (Wildman–Crippen MR) is 119 cm³/mol. The Hall–Kier alpha value is -3.65. The van der Waals surface area contributed by atoms with Gasteiger partial charge in [-0.3, -0.25) is 9.59 Å². The molecular formula is C24H23N3O5. The lowest BCUT2D eigenvalue weighted by atomic mass is 10.1. The number of nitrogens with zero attached hydrogens (tertiary/aromatic N) is 3. The maximum Gasteiger partial charge on any atom is 0.280 e. The number of hydrazone groups is 1.